The Kier molecular flexibility index (Phi) is 8.52. The lowest BCUT2D eigenvalue weighted by Gasteiger charge is -2.47. The van der Waals surface area contributed by atoms with Crippen LogP contribution < -0.4 is 0 Å². The molecule has 0 nitrogen and oxygen atoms in total. The highest BCUT2D eigenvalue weighted by atomic mass is 31.1. The summed E-state index contributed by atoms with van der Waals surface area (Å²) in [6, 6.07) is 0. The summed E-state index contributed by atoms with van der Waals surface area (Å²) in [5.74, 6) is 4.54. The maximum atomic E-state index is 2.67. The largest absolute Gasteiger partial charge is 0.0987 e. The van der Waals surface area contributed by atoms with E-state index in [1.807, 2.05) is 0 Å². The molecule has 0 saturated heterocycles. The summed E-state index contributed by atoms with van der Waals surface area (Å²) >= 11 is 0. The molecule has 128 valence electrons. The number of rotatable bonds is 8. The van der Waals surface area contributed by atoms with Crippen molar-refractivity contribution in [3.8, 4) is 0 Å². The second-order valence-corrected chi connectivity index (χ2v) is 9.33. The fourth-order valence-electron chi connectivity index (χ4n) is 4.95. The third-order valence-corrected chi connectivity index (χ3v) is 7.66. The first-order valence-electron chi connectivity index (χ1n) is 10.2. The molecule has 2 fully saturated rings. The van der Waals surface area contributed by atoms with E-state index in [0.717, 1.165) is 20.4 Å². The molecule has 22 heavy (non-hydrogen) atoms. The Balaban J connectivity index is 1.94. The fraction of sp³-hybridized carbons (Fsp3) is 0.905. The minimum absolute atomic E-state index is 0.604. The van der Waals surface area contributed by atoms with E-state index in [1.165, 1.54) is 89.6 Å². The SMILES string of the molecule is CCCCPC=CCC(C)(C1CCCCC1)C1CCCCC1. The van der Waals surface area contributed by atoms with Crippen LogP contribution in [0.5, 0.6) is 0 Å². The van der Waals surface area contributed by atoms with Gasteiger partial charge in [-0.1, -0.05) is 79.3 Å². The lowest BCUT2D eigenvalue weighted by Crippen LogP contribution is -2.37. The van der Waals surface area contributed by atoms with Crippen LogP contribution in [0.2, 0.25) is 0 Å². The van der Waals surface area contributed by atoms with Gasteiger partial charge in [-0.05, 0) is 61.9 Å². The zero-order valence-electron chi connectivity index (χ0n) is 15.2. The molecule has 2 saturated carbocycles. The molecular formula is C21H39P. The predicted molar refractivity (Wildman–Crippen MR) is 103 cm³/mol. The van der Waals surface area contributed by atoms with Crippen LogP contribution in [0, 0.1) is 17.3 Å². The molecule has 1 unspecified atom stereocenters. The van der Waals surface area contributed by atoms with Gasteiger partial charge in [0, 0.05) is 0 Å². The highest BCUT2D eigenvalue weighted by molar-refractivity contribution is 7.41. The number of allylic oxidation sites excluding steroid dienone is 1. The summed E-state index contributed by atoms with van der Waals surface area (Å²) in [5.41, 5.74) is 0.604. The third kappa shape index (κ3) is 5.36. The highest BCUT2D eigenvalue weighted by Gasteiger charge is 2.40. The van der Waals surface area contributed by atoms with Crippen molar-refractivity contribution in [1.29, 1.82) is 0 Å². The second kappa shape index (κ2) is 10.1. The van der Waals surface area contributed by atoms with E-state index in [-0.39, 0.29) is 0 Å². The quantitative estimate of drug-likeness (QED) is 0.320. The number of hydrogen-bond acceptors (Lipinski definition) is 0. The smallest absolute Gasteiger partial charge is 0.0235 e. The van der Waals surface area contributed by atoms with Crippen LogP contribution in [0.15, 0.2) is 11.9 Å². The monoisotopic (exact) mass is 322 g/mol. The summed E-state index contributed by atoms with van der Waals surface area (Å²) in [6.07, 6.45) is 23.1. The van der Waals surface area contributed by atoms with Crippen LogP contribution in [-0.2, 0) is 0 Å². The zero-order chi connectivity index (χ0) is 15.7. The van der Waals surface area contributed by atoms with Gasteiger partial charge in [-0.3, -0.25) is 0 Å². The van der Waals surface area contributed by atoms with Gasteiger partial charge in [0.2, 0.25) is 0 Å². The maximum absolute atomic E-state index is 2.67. The summed E-state index contributed by atoms with van der Waals surface area (Å²) in [7, 11) is 1.06. The van der Waals surface area contributed by atoms with Crippen LogP contribution in [0.3, 0.4) is 0 Å². The summed E-state index contributed by atoms with van der Waals surface area (Å²) in [6.45, 7) is 4.97. The van der Waals surface area contributed by atoms with Crippen molar-refractivity contribution in [3.63, 3.8) is 0 Å². The molecule has 0 heterocycles. The molecule has 0 N–H and O–H groups in total. The summed E-state index contributed by atoms with van der Waals surface area (Å²) in [5, 5.41) is 0. The Hall–Kier alpha value is 0.170. The number of unbranched alkanes of at least 4 members (excludes halogenated alkanes) is 1. The Bertz CT molecular complexity index is 290. The molecule has 0 bridgehead atoms. The molecule has 1 heteroatoms. The van der Waals surface area contributed by atoms with Crippen LogP contribution in [-0.4, -0.2) is 6.16 Å². The zero-order valence-corrected chi connectivity index (χ0v) is 16.2. The van der Waals surface area contributed by atoms with E-state index in [2.05, 4.69) is 25.7 Å². The Labute approximate surface area is 141 Å². The second-order valence-electron chi connectivity index (χ2n) is 8.09. The van der Waals surface area contributed by atoms with Gasteiger partial charge in [-0.15, -0.1) is 0 Å². The standard InChI is InChI=1S/C21H39P/c1-3-4-17-22-18-11-16-21(2,19-12-7-5-8-13-19)20-14-9-6-10-15-20/h11,18-20,22H,3-10,12-17H2,1-2H3. The van der Waals surface area contributed by atoms with Crippen molar-refractivity contribution in [1.82, 2.24) is 0 Å². The molecule has 0 amide bonds. The van der Waals surface area contributed by atoms with Crippen molar-refractivity contribution < 1.29 is 0 Å². The minimum Gasteiger partial charge on any atom is -0.0987 e. The predicted octanol–water partition coefficient (Wildman–Crippen LogP) is 7.54. The lowest BCUT2D eigenvalue weighted by atomic mass is 9.58. The fourth-order valence-corrected chi connectivity index (χ4v) is 5.96. The maximum Gasteiger partial charge on any atom is -0.0235 e. The average Bonchev–Trinajstić information content (AvgIpc) is 2.59. The molecule has 0 aromatic rings. The average molecular weight is 323 g/mol. The first-order chi connectivity index (χ1) is 10.8. The van der Waals surface area contributed by atoms with Crippen molar-refractivity contribution in [2.45, 2.75) is 97.3 Å². The van der Waals surface area contributed by atoms with Crippen LogP contribution >= 0.6 is 8.58 Å². The third-order valence-electron chi connectivity index (χ3n) is 6.54. The van der Waals surface area contributed by atoms with Crippen molar-refractivity contribution in [2.75, 3.05) is 6.16 Å². The molecule has 0 spiro atoms. The lowest BCUT2D eigenvalue weighted by molar-refractivity contribution is 0.0428. The highest BCUT2D eigenvalue weighted by Crippen LogP contribution is 2.51. The van der Waals surface area contributed by atoms with Gasteiger partial charge >= 0.3 is 0 Å². The Morgan fingerprint density at radius 2 is 1.45 bits per heavy atom. The van der Waals surface area contributed by atoms with E-state index < -0.39 is 0 Å². The first kappa shape index (κ1) is 18.5. The molecule has 0 aromatic carbocycles. The van der Waals surface area contributed by atoms with E-state index in [1.54, 1.807) is 0 Å². The molecule has 2 aliphatic rings. The van der Waals surface area contributed by atoms with Crippen LogP contribution in [0.25, 0.3) is 0 Å². The van der Waals surface area contributed by atoms with Gasteiger partial charge < -0.3 is 0 Å². The Morgan fingerprint density at radius 3 is 1.95 bits per heavy atom. The first-order valence-corrected chi connectivity index (χ1v) is 11.4. The van der Waals surface area contributed by atoms with Gasteiger partial charge in [-0.2, -0.15) is 0 Å². The molecule has 2 rings (SSSR count). The van der Waals surface area contributed by atoms with Crippen molar-refractivity contribution in [2.24, 2.45) is 17.3 Å². The molecule has 0 aromatic heterocycles. The Morgan fingerprint density at radius 1 is 0.909 bits per heavy atom. The van der Waals surface area contributed by atoms with E-state index in [0.29, 0.717) is 5.41 Å². The molecule has 0 aliphatic heterocycles. The van der Waals surface area contributed by atoms with E-state index >= 15 is 0 Å². The van der Waals surface area contributed by atoms with Crippen LogP contribution in [0.1, 0.15) is 97.3 Å². The molecule has 1 atom stereocenters. The van der Waals surface area contributed by atoms with Crippen molar-refractivity contribution >= 4 is 8.58 Å². The molecule has 2 aliphatic carbocycles. The van der Waals surface area contributed by atoms with E-state index in [4.69, 9.17) is 0 Å². The van der Waals surface area contributed by atoms with Crippen molar-refractivity contribution in [3.05, 3.63) is 11.9 Å². The van der Waals surface area contributed by atoms with Gasteiger partial charge in [0.1, 0.15) is 0 Å². The minimum atomic E-state index is 0.604. The summed E-state index contributed by atoms with van der Waals surface area (Å²) < 4.78 is 0. The van der Waals surface area contributed by atoms with E-state index in [9.17, 15) is 0 Å². The van der Waals surface area contributed by atoms with Gasteiger partial charge in [0.25, 0.3) is 0 Å². The van der Waals surface area contributed by atoms with Gasteiger partial charge in [0.05, 0.1) is 0 Å². The summed E-state index contributed by atoms with van der Waals surface area (Å²) in [4.78, 5) is 0. The van der Waals surface area contributed by atoms with Crippen LogP contribution in [0.4, 0.5) is 0 Å². The molecule has 0 radical (unpaired) electrons. The normalized spacial score (nSPS) is 23.0. The topological polar surface area (TPSA) is 0 Å². The van der Waals surface area contributed by atoms with Gasteiger partial charge in [0.15, 0.2) is 0 Å². The number of hydrogen-bond donors (Lipinski definition) is 0. The van der Waals surface area contributed by atoms with Gasteiger partial charge in [-0.25, -0.2) is 0 Å². The molecular weight excluding hydrogens is 283 g/mol.